The van der Waals surface area contributed by atoms with Crippen LogP contribution in [0.1, 0.15) is 43.5 Å². The number of hydrogen-bond acceptors (Lipinski definition) is 4. The van der Waals surface area contributed by atoms with Gasteiger partial charge in [0.1, 0.15) is 5.76 Å². The highest BCUT2D eigenvalue weighted by molar-refractivity contribution is 14.0. The fourth-order valence-electron chi connectivity index (χ4n) is 2.72. The molecule has 0 aliphatic carbocycles. The molecule has 156 valence electrons. The van der Waals surface area contributed by atoms with E-state index in [1.165, 1.54) is 11.1 Å². The monoisotopic (exact) mass is 508 g/mol. The van der Waals surface area contributed by atoms with Crippen LogP contribution in [0.25, 0.3) is 0 Å². The van der Waals surface area contributed by atoms with Crippen molar-refractivity contribution in [1.29, 1.82) is 0 Å². The molecule has 0 aliphatic heterocycles. The molecule has 0 fully saturated rings. The van der Waals surface area contributed by atoms with E-state index >= 15 is 0 Å². The molecule has 0 atom stereocenters. The summed E-state index contributed by atoms with van der Waals surface area (Å²) < 4.78 is 7.72. The first-order valence-electron chi connectivity index (χ1n) is 9.39. The van der Waals surface area contributed by atoms with Crippen molar-refractivity contribution in [3.8, 4) is 0 Å². The van der Waals surface area contributed by atoms with E-state index < -0.39 is 0 Å². The van der Waals surface area contributed by atoms with Gasteiger partial charge in [-0.15, -0.1) is 24.0 Å². The highest BCUT2D eigenvalue weighted by Crippen LogP contribution is 2.22. The topological polar surface area (TPSA) is 80.3 Å². The molecule has 0 amide bonds. The summed E-state index contributed by atoms with van der Waals surface area (Å²) in [7, 11) is 1.75. The van der Waals surface area contributed by atoms with Crippen LogP contribution < -0.4 is 10.6 Å². The first-order valence-corrected chi connectivity index (χ1v) is 9.39. The maximum Gasteiger partial charge on any atom is 0.213 e. The predicted molar refractivity (Wildman–Crippen MR) is 125 cm³/mol. The molecule has 0 aliphatic rings. The van der Waals surface area contributed by atoms with Gasteiger partial charge in [-0.05, 0) is 17.2 Å². The Balaban J connectivity index is 0.00000300. The van der Waals surface area contributed by atoms with Crippen molar-refractivity contribution >= 4 is 29.9 Å². The fourth-order valence-corrected chi connectivity index (χ4v) is 2.72. The van der Waals surface area contributed by atoms with Gasteiger partial charge in [-0.3, -0.25) is 9.67 Å². The van der Waals surface area contributed by atoms with Crippen molar-refractivity contribution < 1.29 is 4.42 Å². The molecule has 0 spiro atoms. The maximum absolute atomic E-state index is 5.81. The number of nitrogens with zero attached hydrogens (tertiary/aromatic N) is 4. The molecule has 2 aromatic heterocycles. The zero-order valence-electron chi connectivity index (χ0n) is 17.3. The number of aromatic nitrogens is 3. The third kappa shape index (κ3) is 6.88. The highest BCUT2D eigenvalue weighted by atomic mass is 127. The summed E-state index contributed by atoms with van der Waals surface area (Å²) in [6.45, 7) is 8.22. The van der Waals surface area contributed by atoms with Gasteiger partial charge >= 0.3 is 0 Å². The summed E-state index contributed by atoms with van der Waals surface area (Å²) in [5.41, 5.74) is 2.34. The van der Waals surface area contributed by atoms with Crippen LogP contribution in [0, 0.1) is 0 Å². The Morgan fingerprint density at radius 2 is 1.90 bits per heavy atom. The van der Waals surface area contributed by atoms with Crippen molar-refractivity contribution in [2.45, 2.75) is 45.8 Å². The molecule has 0 saturated heterocycles. The Hall–Kier alpha value is -2.36. The Bertz CT molecular complexity index is 911. The standard InChI is InChI=1S/C21H28N6O.HI/c1-21(2,3)18-13-23-19(28-18)14-25-20(22-4)24-12-16-7-5-8-17(11-16)15-27-10-6-9-26-27;/h5-11,13H,12,14-15H2,1-4H3,(H2,22,24,25);1H. The molecule has 8 heteroatoms. The summed E-state index contributed by atoms with van der Waals surface area (Å²) in [5.74, 6) is 2.23. The number of nitrogens with one attached hydrogen (secondary N) is 2. The van der Waals surface area contributed by atoms with E-state index in [0.717, 1.165) is 12.3 Å². The van der Waals surface area contributed by atoms with Crippen LogP contribution in [0.15, 0.2) is 58.3 Å². The summed E-state index contributed by atoms with van der Waals surface area (Å²) in [6, 6.07) is 10.4. The van der Waals surface area contributed by atoms with E-state index in [1.807, 2.05) is 16.9 Å². The molecule has 0 bridgehead atoms. The van der Waals surface area contributed by atoms with Crippen molar-refractivity contribution in [3.63, 3.8) is 0 Å². The molecule has 0 radical (unpaired) electrons. The van der Waals surface area contributed by atoms with Crippen molar-refractivity contribution in [1.82, 2.24) is 25.4 Å². The lowest BCUT2D eigenvalue weighted by molar-refractivity contribution is 0.379. The van der Waals surface area contributed by atoms with Crippen LogP contribution >= 0.6 is 24.0 Å². The Kier molecular flexibility index (Phi) is 8.24. The molecule has 1 aromatic carbocycles. The van der Waals surface area contributed by atoms with Crippen LogP contribution in [-0.4, -0.2) is 27.8 Å². The largest absolute Gasteiger partial charge is 0.443 e. The summed E-state index contributed by atoms with van der Waals surface area (Å²) in [5, 5.41) is 10.8. The van der Waals surface area contributed by atoms with E-state index in [0.29, 0.717) is 24.9 Å². The van der Waals surface area contributed by atoms with Gasteiger partial charge in [0.25, 0.3) is 0 Å². The Labute approximate surface area is 189 Å². The number of halogens is 1. The lowest BCUT2D eigenvalue weighted by Gasteiger charge is -2.13. The number of oxazole rings is 1. The highest BCUT2D eigenvalue weighted by Gasteiger charge is 2.19. The molecule has 2 N–H and O–H groups in total. The zero-order valence-corrected chi connectivity index (χ0v) is 19.7. The minimum absolute atomic E-state index is 0. The van der Waals surface area contributed by atoms with Gasteiger partial charge in [-0.1, -0.05) is 45.0 Å². The number of aliphatic imine (C=N–C) groups is 1. The van der Waals surface area contributed by atoms with E-state index in [-0.39, 0.29) is 29.4 Å². The normalized spacial score (nSPS) is 11.8. The van der Waals surface area contributed by atoms with Gasteiger partial charge in [0, 0.05) is 31.4 Å². The average Bonchev–Trinajstić information content (AvgIpc) is 3.34. The van der Waals surface area contributed by atoms with Gasteiger partial charge < -0.3 is 15.1 Å². The summed E-state index contributed by atoms with van der Waals surface area (Å²) in [6.07, 6.45) is 5.54. The van der Waals surface area contributed by atoms with Crippen LogP contribution in [-0.2, 0) is 25.0 Å². The van der Waals surface area contributed by atoms with Crippen LogP contribution in [0.2, 0.25) is 0 Å². The SMILES string of the molecule is CN=C(NCc1cccc(Cn2cccn2)c1)NCc1ncc(C(C)(C)C)o1.I. The second-order valence-electron chi connectivity index (χ2n) is 7.67. The van der Waals surface area contributed by atoms with Gasteiger partial charge in [-0.2, -0.15) is 5.10 Å². The van der Waals surface area contributed by atoms with Crippen LogP contribution in [0.3, 0.4) is 0 Å². The molecule has 29 heavy (non-hydrogen) atoms. The first kappa shape index (κ1) is 22.9. The van der Waals surface area contributed by atoms with E-state index in [1.54, 1.807) is 19.4 Å². The maximum atomic E-state index is 5.81. The van der Waals surface area contributed by atoms with Gasteiger partial charge in [0.05, 0.1) is 19.3 Å². The minimum Gasteiger partial charge on any atom is -0.443 e. The minimum atomic E-state index is -0.0492. The van der Waals surface area contributed by atoms with Gasteiger partial charge in [0.15, 0.2) is 5.96 Å². The molecule has 0 saturated carbocycles. The first-order chi connectivity index (χ1) is 13.4. The molecule has 0 unspecified atom stereocenters. The number of rotatable bonds is 6. The van der Waals surface area contributed by atoms with Gasteiger partial charge in [-0.25, -0.2) is 4.98 Å². The Morgan fingerprint density at radius 1 is 1.14 bits per heavy atom. The summed E-state index contributed by atoms with van der Waals surface area (Å²) >= 11 is 0. The number of hydrogen-bond donors (Lipinski definition) is 2. The Morgan fingerprint density at radius 3 is 2.55 bits per heavy atom. The third-order valence-electron chi connectivity index (χ3n) is 4.28. The summed E-state index contributed by atoms with van der Waals surface area (Å²) in [4.78, 5) is 8.60. The molecule has 3 rings (SSSR count). The lowest BCUT2D eigenvalue weighted by atomic mass is 9.94. The van der Waals surface area contributed by atoms with E-state index in [9.17, 15) is 0 Å². The number of guanidine groups is 1. The predicted octanol–water partition coefficient (Wildman–Crippen LogP) is 3.70. The lowest BCUT2D eigenvalue weighted by Crippen LogP contribution is -2.36. The molecular weight excluding hydrogens is 479 g/mol. The molecule has 3 aromatic rings. The van der Waals surface area contributed by atoms with E-state index in [4.69, 9.17) is 4.42 Å². The van der Waals surface area contributed by atoms with Crippen molar-refractivity contribution in [2.75, 3.05) is 7.05 Å². The van der Waals surface area contributed by atoms with Crippen molar-refractivity contribution in [2.24, 2.45) is 4.99 Å². The van der Waals surface area contributed by atoms with Gasteiger partial charge in [0.2, 0.25) is 5.89 Å². The molecular formula is C21H29IN6O. The second-order valence-corrected chi connectivity index (χ2v) is 7.67. The second kappa shape index (κ2) is 10.4. The fraction of sp³-hybridized carbons (Fsp3) is 0.381. The number of benzene rings is 1. The van der Waals surface area contributed by atoms with Crippen LogP contribution in [0.4, 0.5) is 0 Å². The third-order valence-corrected chi connectivity index (χ3v) is 4.28. The van der Waals surface area contributed by atoms with E-state index in [2.05, 4.69) is 70.7 Å². The van der Waals surface area contributed by atoms with Crippen molar-refractivity contribution in [3.05, 3.63) is 71.7 Å². The van der Waals surface area contributed by atoms with Crippen LogP contribution in [0.5, 0.6) is 0 Å². The zero-order chi connectivity index (χ0) is 20.0. The average molecular weight is 508 g/mol. The molecule has 7 nitrogen and oxygen atoms in total. The smallest absolute Gasteiger partial charge is 0.213 e. The molecule has 2 heterocycles. The quantitative estimate of drug-likeness (QED) is 0.302.